The molecule has 2 aliphatic rings. The van der Waals surface area contributed by atoms with Crippen molar-refractivity contribution in [2.75, 3.05) is 33.4 Å². The predicted octanol–water partition coefficient (Wildman–Crippen LogP) is 5.57. The number of nitrogens with zero attached hydrogens (tertiary/aromatic N) is 1. The van der Waals surface area contributed by atoms with Crippen LogP contribution in [0.1, 0.15) is 49.8 Å². The number of hydrogen-bond acceptors (Lipinski definition) is 3. The minimum absolute atomic E-state index is 0.769. The highest BCUT2D eigenvalue weighted by molar-refractivity contribution is 5.83. The average Bonchev–Trinajstić information content (AvgIpc) is 3.28. The van der Waals surface area contributed by atoms with E-state index in [4.69, 9.17) is 9.47 Å². The van der Waals surface area contributed by atoms with Crippen molar-refractivity contribution in [3.8, 4) is 11.5 Å². The van der Waals surface area contributed by atoms with E-state index in [1.54, 1.807) is 7.11 Å². The maximum atomic E-state index is 5.93. The van der Waals surface area contributed by atoms with E-state index in [-0.39, 0.29) is 0 Å². The van der Waals surface area contributed by atoms with Crippen molar-refractivity contribution in [2.24, 2.45) is 0 Å². The maximum Gasteiger partial charge on any atom is 0.119 e. The lowest BCUT2D eigenvalue weighted by Crippen LogP contribution is -2.25. The average molecular weight is 380 g/mol. The van der Waals surface area contributed by atoms with Crippen molar-refractivity contribution >= 4 is 5.57 Å². The molecule has 1 saturated heterocycles. The number of allylic oxidation sites excluding steroid dienone is 1. The summed E-state index contributed by atoms with van der Waals surface area (Å²) in [5.74, 6) is 1.89. The number of benzene rings is 2. The van der Waals surface area contributed by atoms with Crippen molar-refractivity contribution < 1.29 is 9.47 Å². The van der Waals surface area contributed by atoms with Crippen LogP contribution in [0.2, 0.25) is 0 Å². The Morgan fingerprint density at radius 1 is 0.929 bits per heavy atom. The van der Waals surface area contributed by atoms with Gasteiger partial charge < -0.3 is 9.47 Å². The summed E-state index contributed by atoms with van der Waals surface area (Å²) in [5, 5.41) is 0. The second-order valence-corrected chi connectivity index (χ2v) is 7.10. The molecule has 1 fully saturated rings. The Kier molecular flexibility index (Phi) is 7.55. The van der Waals surface area contributed by atoms with Gasteiger partial charge in [0.25, 0.3) is 0 Å². The Bertz CT molecular complexity index is 774. The second kappa shape index (κ2) is 10.3. The number of methoxy groups -OCH3 is 1. The third-order valence-electron chi connectivity index (χ3n) is 5.40. The molecule has 0 aromatic heterocycles. The molecular weight excluding hydrogens is 346 g/mol. The van der Waals surface area contributed by atoms with Gasteiger partial charge in [-0.3, -0.25) is 4.90 Å². The van der Waals surface area contributed by atoms with Crippen LogP contribution in [0.4, 0.5) is 0 Å². The molecule has 0 N–H and O–H groups in total. The molecule has 1 aliphatic carbocycles. The standard InChI is InChI=1S/C23H27NO2.C2H6/c1-25-21-11-12-23-19(17-21)5-4-6-22(23)18-7-9-20(10-8-18)26-16-15-24-13-2-3-14-24;1-2/h6-12,17H,2-5,13-16H2,1H3;1-2H3. The van der Waals surface area contributed by atoms with Crippen LogP contribution in [-0.4, -0.2) is 38.3 Å². The summed E-state index contributed by atoms with van der Waals surface area (Å²) in [6, 6.07) is 14.9. The van der Waals surface area contributed by atoms with Gasteiger partial charge in [0, 0.05) is 6.54 Å². The fourth-order valence-corrected chi connectivity index (χ4v) is 3.95. The molecular formula is C25H33NO2. The topological polar surface area (TPSA) is 21.7 Å². The van der Waals surface area contributed by atoms with Gasteiger partial charge in [-0.05, 0) is 85.3 Å². The van der Waals surface area contributed by atoms with Crippen LogP contribution in [0.5, 0.6) is 11.5 Å². The Labute approximate surface area is 170 Å². The van der Waals surface area contributed by atoms with Gasteiger partial charge in [-0.2, -0.15) is 0 Å². The number of rotatable bonds is 6. The first-order chi connectivity index (χ1) is 13.8. The Morgan fingerprint density at radius 2 is 1.64 bits per heavy atom. The van der Waals surface area contributed by atoms with Crippen molar-refractivity contribution in [3.05, 3.63) is 65.2 Å². The van der Waals surface area contributed by atoms with Crippen LogP contribution < -0.4 is 9.47 Å². The van der Waals surface area contributed by atoms with Crippen LogP contribution in [0.25, 0.3) is 5.57 Å². The molecule has 2 aromatic rings. The molecule has 0 spiro atoms. The zero-order valence-corrected chi connectivity index (χ0v) is 17.5. The van der Waals surface area contributed by atoms with Gasteiger partial charge in [0.1, 0.15) is 18.1 Å². The molecule has 28 heavy (non-hydrogen) atoms. The van der Waals surface area contributed by atoms with E-state index in [9.17, 15) is 0 Å². The Hall–Kier alpha value is -2.26. The second-order valence-electron chi connectivity index (χ2n) is 7.10. The molecule has 0 atom stereocenters. The van der Waals surface area contributed by atoms with Crippen LogP contribution in [-0.2, 0) is 6.42 Å². The summed E-state index contributed by atoms with van der Waals surface area (Å²) in [6.45, 7) is 8.24. The highest BCUT2D eigenvalue weighted by Gasteiger charge is 2.15. The smallest absolute Gasteiger partial charge is 0.119 e. The lowest BCUT2D eigenvalue weighted by atomic mass is 9.87. The molecule has 1 heterocycles. The third-order valence-corrected chi connectivity index (χ3v) is 5.40. The molecule has 0 bridgehead atoms. The molecule has 2 aromatic carbocycles. The van der Waals surface area contributed by atoms with E-state index < -0.39 is 0 Å². The number of ether oxygens (including phenoxy) is 2. The molecule has 1 aliphatic heterocycles. The van der Waals surface area contributed by atoms with Crippen molar-refractivity contribution in [3.63, 3.8) is 0 Å². The van der Waals surface area contributed by atoms with E-state index in [1.165, 1.54) is 48.2 Å². The summed E-state index contributed by atoms with van der Waals surface area (Å²) in [6.07, 6.45) is 7.16. The molecule has 3 nitrogen and oxygen atoms in total. The Balaban J connectivity index is 0.00000109. The lowest BCUT2D eigenvalue weighted by molar-refractivity contribution is 0.238. The minimum Gasteiger partial charge on any atom is -0.497 e. The van der Waals surface area contributed by atoms with Gasteiger partial charge in [-0.1, -0.05) is 38.1 Å². The first-order valence-corrected chi connectivity index (χ1v) is 10.7. The lowest BCUT2D eigenvalue weighted by Gasteiger charge is -2.19. The zero-order chi connectivity index (χ0) is 19.8. The summed E-state index contributed by atoms with van der Waals surface area (Å²) in [4.78, 5) is 2.48. The highest BCUT2D eigenvalue weighted by Crippen LogP contribution is 2.34. The first kappa shape index (κ1) is 20.5. The monoisotopic (exact) mass is 379 g/mol. The van der Waals surface area contributed by atoms with Gasteiger partial charge >= 0.3 is 0 Å². The van der Waals surface area contributed by atoms with Crippen molar-refractivity contribution in [1.82, 2.24) is 4.90 Å². The third kappa shape index (κ3) is 4.96. The van der Waals surface area contributed by atoms with Gasteiger partial charge in [-0.25, -0.2) is 0 Å². The molecule has 0 radical (unpaired) electrons. The van der Waals surface area contributed by atoms with Gasteiger partial charge in [0.05, 0.1) is 7.11 Å². The normalized spacial score (nSPS) is 15.9. The minimum atomic E-state index is 0.769. The maximum absolute atomic E-state index is 5.93. The highest BCUT2D eigenvalue weighted by atomic mass is 16.5. The fraction of sp³-hybridized carbons (Fsp3) is 0.440. The summed E-state index contributed by atoms with van der Waals surface area (Å²) < 4.78 is 11.3. The number of aryl methyl sites for hydroxylation is 1. The quantitative estimate of drug-likeness (QED) is 0.654. The van der Waals surface area contributed by atoms with Crippen LogP contribution in [0, 0.1) is 0 Å². The summed E-state index contributed by atoms with van der Waals surface area (Å²) in [7, 11) is 1.73. The van der Waals surface area contributed by atoms with Gasteiger partial charge in [-0.15, -0.1) is 0 Å². The largest absolute Gasteiger partial charge is 0.497 e. The van der Waals surface area contributed by atoms with E-state index in [2.05, 4.69) is 47.4 Å². The Morgan fingerprint density at radius 3 is 2.36 bits per heavy atom. The summed E-state index contributed by atoms with van der Waals surface area (Å²) in [5.41, 5.74) is 5.26. The van der Waals surface area contributed by atoms with Crippen LogP contribution >= 0.6 is 0 Å². The SMILES string of the molecule is CC.COc1ccc2c(c1)CCC=C2c1ccc(OCCN2CCCC2)cc1. The molecule has 3 heteroatoms. The van der Waals surface area contributed by atoms with Crippen molar-refractivity contribution in [2.45, 2.75) is 39.5 Å². The molecule has 150 valence electrons. The van der Waals surface area contributed by atoms with Crippen LogP contribution in [0.15, 0.2) is 48.5 Å². The molecule has 0 unspecified atom stereocenters. The summed E-state index contributed by atoms with van der Waals surface area (Å²) >= 11 is 0. The number of hydrogen-bond donors (Lipinski definition) is 0. The van der Waals surface area contributed by atoms with Crippen molar-refractivity contribution in [1.29, 1.82) is 0 Å². The number of fused-ring (bicyclic) bond motifs is 1. The van der Waals surface area contributed by atoms with Crippen LogP contribution in [0.3, 0.4) is 0 Å². The molecule has 4 rings (SSSR count). The van der Waals surface area contributed by atoms with Gasteiger partial charge in [0.2, 0.25) is 0 Å². The van der Waals surface area contributed by atoms with E-state index in [0.29, 0.717) is 0 Å². The molecule has 0 saturated carbocycles. The van der Waals surface area contributed by atoms with Gasteiger partial charge in [0.15, 0.2) is 0 Å². The first-order valence-electron chi connectivity index (χ1n) is 10.7. The molecule has 0 amide bonds. The predicted molar refractivity (Wildman–Crippen MR) is 117 cm³/mol. The number of likely N-dealkylation sites (tertiary alicyclic amines) is 1. The van der Waals surface area contributed by atoms with E-state index >= 15 is 0 Å². The van der Waals surface area contributed by atoms with E-state index in [1.807, 2.05) is 19.9 Å². The fourth-order valence-electron chi connectivity index (χ4n) is 3.95. The zero-order valence-electron chi connectivity index (χ0n) is 17.5. The van der Waals surface area contributed by atoms with E-state index in [0.717, 1.165) is 37.5 Å².